The molecule has 1 fully saturated rings. The van der Waals surface area contributed by atoms with Crippen molar-refractivity contribution in [3.8, 4) is 0 Å². The molecule has 21 heavy (non-hydrogen) atoms. The van der Waals surface area contributed by atoms with E-state index in [0.717, 1.165) is 31.3 Å². The molecule has 1 aliphatic carbocycles. The van der Waals surface area contributed by atoms with Crippen LogP contribution in [0.5, 0.6) is 0 Å². The van der Waals surface area contributed by atoms with Gasteiger partial charge < -0.3 is 15.4 Å². The minimum absolute atomic E-state index is 0.321. The lowest BCUT2D eigenvalue weighted by Gasteiger charge is -2.26. The second-order valence-electron chi connectivity index (χ2n) is 7.46. The second kappa shape index (κ2) is 9.29. The van der Waals surface area contributed by atoms with Crippen molar-refractivity contribution in [1.29, 1.82) is 0 Å². The average molecular weight is 298 g/mol. The minimum Gasteiger partial charge on any atom is -0.444 e. The maximum absolute atomic E-state index is 11.4. The summed E-state index contributed by atoms with van der Waals surface area (Å²) in [5.74, 6) is 1.84. The summed E-state index contributed by atoms with van der Waals surface area (Å²) >= 11 is 0. The largest absolute Gasteiger partial charge is 0.444 e. The summed E-state index contributed by atoms with van der Waals surface area (Å²) in [5.41, 5.74) is -0.417. The number of ether oxygens (including phenoxy) is 1. The maximum atomic E-state index is 11.4. The molecule has 0 aromatic carbocycles. The molecule has 4 heteroatoms. The zero-order chi connectivity index (χ0) is 15.7. The van der Waals surface area contributed by atoms with Crippen LogP contribution in [-0.4, -0.2) is 31.3 Å². The molecule has 0 aromatic rings. The Balaban J connectivity index is 1.92. The molecular weight excluding hydrogens is 264 g/mol. The van der Waals surface area contributed by atoms with Gasteiger partial charge in [-0.15, -0.1) is 0 Å². The van der Waals surface area contributed by atoms with E-state index in [2.05, 4.69) is 17.6 Å². The molecule has 0 bridgehead atoms. The molecule has 2 unspecified atom stereocenters. The molecule has 124 valence electrons. The van der Waals surface area contributed by atoms with Gasteiger partial charge in [0.2, 0.25) is 0 Å². The Morgan fingerprint density at radius 1 is 1.19 bits per heavy atom. The number of nitrogens with one attached hydrogen (secondary N) is 2. The van der Waals surface area contributed by atoms with Gasteiger partial charge in [-0.2, -0.15) is 0 Å². The van der Waals surface area contributed by atoms with E-state index in [1.165, 1.54) is 32.1 Å². The van der Waals surface area contributed by atoms with E-state index in [4.69, 9.17) is 4.74 Å². The van der Waals surface area contributed by atoms with Crippen LogP contribution in [0.3, 0.4) is 0 Å². The number of amides is 1. The van der Waals surface area contributed by atoms with Gasteiger partial charge in [0.05, 0.1) is 0 Å². The van der Waals surface area contributed by atoms with Crippen LogP contribution in [-0.2, 0) is 4.74 Å². The molecule has 1 aliphatic rings. The highest BCUT2D eigenvalue weighted by Gasteiger charge is 2.18. The van der Waals surface area contributed by atoms with E-state index < -0.39 is 5.60 Å². The maximum Gasteiger partial charge on any atom is 0.407 e. The summed E-state index contributed by atoms with van der Waals surface area (Å²) in [6, 6.07) is 0. The lowest BCUT2D eigenvalue weighted by Crippen LogP contribution is -2.34. The monoisotopic (exact) mass is 298 g/mol. The third-order valence-corrected chi connectivity index (χ3v) is 3.97. The van der Waals surface area contributed by atoms with Crippen molar-refractivity contribution in [2.24, 2.45) is 11.8 Å². The van der Waals surface area contributed by atoms with Crippen LogP contribution >= 0.6 is 0 Å². The first-order valence-electron chi connectivity index (χ1n) is 8.54. The van der Waals surface area contributed by atoms with Gasteiger partial charge in [0.1, 0.15) is 5.60 Å². The van der Waals surface area contributed by atoms with Crippen molar-refractivity contribution in [2.45, 2.75) is 71.8 Å². The van der Waals surface area contributed by atoms with Gasteiger partial charge in [-0.25, -0.2) is 4.79 Å². The minimum atomic E-state index is -0.417. The summed E-state index contributed by atoms with van der Waals surface area (Å²) in [6.07, 6.45) is 7.56. The lowest BCUT2D eigenvalue weighted by molar-refractivity contribution is 0.0527. The van der Waals surface area contributed by atoms with E-state index in [0.29, 0.717) is 6.54 Å². The highest BCUT2D eigenvalue weighted by molar-refractivity contribution is 5.67. The van der Waals surface area contributed by atoms with Crippen LogP contribution in [0.2, 0.25) is 0 Å². The quantitative estimate of drug-likeness (QED) is 0.705. The predicted octanol–water partition coefficient (Wildman–Crippen LogP) is 3.71. The van der Waals surface area contributed by atoms with Crippen molar-refractivity contribution in [3.05, 3.63) is 0 Å². The molecule has 2 N–H and O–H groups in total. The van der Waals surface area contributed by atoms with Gasteiger partial charge in [-0.1, -0.05) is 26.2 Å². The lowest BCUT2D eigenvalue weighted by atomic mass is 9.81. The zero-order valence-corrected chi connectivity index (χ0v) is 14.3. The van der Waals surface area contributed by atoms with Gasteiger partial charge >= 0.3 is 6.09 Å². The molecule has 0 aliphatic heterocycles. The number of hydrogen-bond acceptors (Lipinski definition) is 3. The molecule has 1 amide bonds. The van der Waals surface area contributed by atoms with Gasteiger partial charge in [0, 0.05) is 6.54 Å². The molecule has 0 radical (unpaired) electrons. The Morgan fingerprint density at radius 2 is 1.95 bits per heavy atom. The Hall–Kier alpha value is -0.770. The zero-order valence-electron chi connectivity index (χ0n) is 14.3. The van der Waals surface area contributed by atoms with Gasteiger partial charge in [0.15, 0.2) is 0 Å². The van der Waals surface area contributed by atoms with Crippen LogP contribution in [0.15, 0.2) is 0 Å². The van der Waals surface area contributed by atoms with Gasteiger partial charge in [-0.05, 0) is 65.0 Å². The molecule has 2 atom stereocenters. The fourth-order valence-electron chi connectivity index (χ4n) is 2.97. The number of carbonyl (C=O) groups is 1. The molecule has 0 aromatic heterocycles. The highest BCUT2D eigenvalue weighted by Crippen LogP contribution is 2.30. The summed E-state index contributed by atoms with van der Waals surface area (Å²) in [5, 5.41) is 6.26. The Labute approximate surface area is 130 Å². The fraction of sp³-hybridized carbons (Fsp3) is 0.941. The van der Waals surface area contributed by atoms with Crippen molar-refractivity contribution < 1.29 is 9.53 Å². The van der Waals surface area contributed by atoms with Crippen molar-refractivity contribution in [3.63, 3.8) is 0 Å². The van der Waals surface area contributed by atoms with Gasteiger partial charge in [0.25, 0.3) is 0 Å². The smallest absolute Gasteiger partial charge is 0.407 e. The number of hydrogen-bond donors (Lipinski definition) is 2. The predicted molar refractivity (Wildman–Crippen MR) is 87.5 cm³/mol. The van der Waals surface area contributed by atoms with Crippen LogP contribution < -0.4 is 10.6 Å². The van der Waals surface area contributed by atoms with E-state index in [-0.39, 0.29) is 6.09 Å². The topological polar surface area (TPSA) is 50.4 Å². The van der Waals surface area contributed by atoms with Crippen molar-refractivity contribution in [2.75, 3.05) is 19.6 Å². The number of rotatable bonds is 7. The van der Waals surface area contributed by atoms with E-state index >= 15 is 0 Å². The second-order valence-corrected chi connectivity index (χ2v) is 7.46. The number of carbonyl (C=O) groups excluding carboxylic acids is 1. The Morgan fingerprint density at radius 3 is 2.62 bits per heavy atom. The van der Waals surface area contributed by atoms with Crippen LogP contribution in [0, 0.1) is 11.8 Å². The molecule has 0 saturated heterocycles. The van der Waals surface area contributed by atoms with Crippen LogP contribution in [0.1, 0.15) is 66.2 Å². The number of alkyl carbamates (subject to hydrolysis) is 1. The van der Waals surface area contributed by atoms with Crippen molar-refractivity contribution >= 4 is 6.09 Å². The van der Waals surface area contributed by atoms with E-state index in [9.17, 15) is 4.79 Å². The molecule has 1 rings (SSSR count). The van der Waals surface area contributed by atoms with Crippen molar-refractivity contribution in [1.82, 2.24) is 10.6 Å². The van der Waals surface area contributed by atoms with E-state index in [1.807, 2.05) is 20.8 Å². The molecular formula is C17H34N2O2. The normalized spacial score (nSPS) is 22.9. The molecule has 0 spiro atoms. The molecule has 4 nitrogen and oxygen atoms in total. The third kappa shape index (κ3) is 9.72. The Kier molecular flexibility index (Phi) is 8.09. The highest BCUT2D eigenvalue weighted by atomic mass is 16.6. The summed E-state index contributed by atoms with van der Waals surface area (Å²) in [6.45, 7) is 10.7. The van der Waals surface area contributed by atoms with Crippen LogP contribution in [0.25, 0.3) is 0 Å². The molecule has 0 heterocycles. The first kappa shape index (κ1) is 18.3. The van der Waals surface area contributed by atoms with Crippen LogP contribution in [0.4, 0.5) is 4.79 Å². The van der Waals surface area contributed by atoms with Gasteiger partial charge in [-0.3, -0.25) is 0 Å². The third-order valence-electron chi connectivity index (χ3n) is 3.97. The standard InChI is InChI=1S/C17H34N2O2/c1-14-7-5-8-15(13-14)9-12-18-10-6-11-19-16(20)21-17(2,3)4/h14-15,18H,5-13H2,1-4H3,(H,19,20). The summed E-state index contributed by atoms with van der Waals surface area (Å²) < 4.78 is 5.18. The SMILES string of the molecule is CC1CCCC(CCNCCCNC(=O)OC(C)(C)C)C1. The first-order chi connectivity index (χ1) is 9.87. The first-order valence-corrected chi connectivity index (χ1v) is 8.54. The van der Waals surface area contributed by atoms with E-state index in [1.54, 1.807) is 0 Å². The summed E-state index contributed by atoms with van der Waals surface area (Å²) in [7, 11) is 0. The Bertz CT molecular complexity index is 300. The average Bonchev–Trinajstić information content (AvgIpc) is 2.35. The fourth-order valence-corrected chi connectivity index (χ4v) is 2.97. The molecule has 1 saturated carbocycles. The summed E-state index contributed by atoms with van der Waals surface area (Å²) in [4.78, 5) is 11.4.